The van der Waals surface area contributed by atoms with Gasteiger partial charge < -0.3 is 5.73 Å². The third-order valence-corrected chi connectivity index (χ3v) is 4.27. The van der Waals surface area contributed by atoms with Gasteiger partial charge in [0.2, 0.25) is 0 Å². The van der Waals surface area contributed by atoms with E-state index in [4.69, 9.17) is 10.7 Å². The molecule has 1 aromatic heterocycles. The molecular weight excluding hydrogens is 308 g/mol. The minimum Gasteiger partial charge on any atom is -0.330 e. The minimum atomic E-state index is 0.114. The van der Waals surface area contributed by atoms with Gasteiger partial charge in [-0.3, -0.25) is 0 Å². The van der Waals surface area contributed by atoms with Crippen LogP contribution >= 0.6 is 27.3 Å². The first kappa shape index (κ1) is 13.7. The molecular formula is C14H17BrN2S. The number of rotatable bonds is 4. The lowest BCUT2D eigenvalue weighted by Gasteiger charge is -2.20. The largest absolute Gasteiger partial charge is 0.330 e. The average molecular weight is 325 g/mol. The van der Waals surface area contributed by atoms with Crippen molar-refractivity contribution in [3.63, 3.8) is 0 Å². The Morgan fingerprint density at radius 3 is 2.83 bits per heavy atom. The van der Waals surface area contributed by atoms with E-state index in [-0.39, 0.29) is 5.41 Å². The van der Waals surface area contributed by atoms with E-state index in [2.05, 4.69) is 47.3 Å². The lowest BCUT2D eigenvalue weighted by molar-refractivity contribution is 0.373. The van der Waals surface area contributed by atoms with Crippen LogP contribution in [-0.2, 0) is 6.42 Å². The molecule has 0 spiro atoms. The molecule has 0 aliphatic heterocycles. The minimum absolute atomic E-state index is 0.114. The van der Waals surface area contributed by atoms with Crippen molar-refractivity contribution < 1.29 is 0 Å². The number of hydrogen-bond donors (Lipinski definition) is 1. The predicted octanol–water partition coefficient (Wildman–Crippen LogP) is 4.10. The molecule has 0 radical (unpaired) electrons. The second kappa shape index (κ2) is 5.51. The third-order valence-electron chi connectivity index (χ3n) is 2.84. The molecule has 0 saturated carbocycles. The first-order valence-corrected chi connectivity index (χ1v) is 7.58. The molecule has 4 heteroatoms. The maximum Gasteiger partial charge on any atom is 0.123 e. The van der Waals surface area contributed by atoms with Crippen LogP contribution in [0.1, 0.15) is 19.5 Å². The number of aromatic nitrogens is 1. The van der Waals surface area contributed by atoms with Crippen molar-refractivity contribution in [2.45, 2.75) is 20.3 Å². The Morgan fingerprint density at radius 1 is 1.39 bits per heavy atom. The summed E-state index contributed by atoms with van der Waals surface area (Å²) in [4.78, 5) is 4.70. The van der Waals surface area contributed by atoms with Gasteiger partial charge in [0.05, 0.1) is 5.69 Å². The number of nitrogens with zero attached hydrogens (tertiary/aromatic N) is 1. The van der Waals surface area contributed by atoms with Crippen LogP contribution in [0.25, 0.3) is 10.6 Å². The summed E-state index contributed by atoms with van der Waals surface area (Å²) in [5.41, 5.74) is 8.16. The standard InChI is InChI=1S/C14H17BrN2S/c1-14(2,9-16)7-12-8-18-13(17-12)10-4-3-5-11(15)6-10/h3-6,8H,7,9,16H2,1-2H3. The first-order chi connectivity index (χ1) is 8.50. The van der Waals surface area contributed by atoms with Crippen molar-refractivity contribution >= 4 is 27.3 Å². The molecule has 18 heavy (non-hydrogen) atoms. The Labute approximate surface area is 120 Å². The SMILES string of the molecule is CC(C)(CN)Cc1csc(-c2cccc(Br)c2)n1. The smallest absolute Gasteiger partial charge is 0.123 e. The van der Waals surface area contributed by atoms with E-state index in [0.29, 0.717) is 6.54 Å². The molecule has 0 atom stereocenters. The highest BCUT2D eigenvalue weighted by atomic mass is 79.9. The van der Waals surface area contributed by atoms with E-state index in [9.17, 15) is 0 Å². The van der Waals surface area contributed by atoms with Crippen LogP contribution in [0.2, 0.25) is 0 Å². The van der Waals surface area contributed by atoms with E-state index >= 15 is 0 Å². The summed E-state index contributed by atoms with van der Waals surface area (Å²) in [6.07, 6.45) is 0.925. The number of thiazole rings is 1. The number of nitrogens with two attached hydrogens (primary N) is 1. The Bertz CT molecular complexity index is 534. The molecule has 0 fully saturated rings. The lowest BCUT2D eigenvalue weighted by Crippen LogP contribution is -2.26. The van der Waals surface area contributed by atoms with Gasteiger partial charge >= 0.3 is 0 Å². The molecule has 0 bridgehead atoms. The van der Waals surface area contributed by atoms with Gasteiger partial charge in [-0.15, -0.1) is 11.3 Å². The molecule has 96 valence electrons. The van der Waals surface area contributed by atoms with E-state index < -0.39 is 0 Å². The molecule has 2 rings (SSSR count). The van der Waals surface area contributed by atoms with Crippen LogP contribution in [-0.4, -0.2) is 11.5 Å². The average Bonchev–Trinajstić information content (AvgIpc) is 2.77. The van der Waals surface area contributed by atoms with Crippen LogP contribution in [0.5, 0.6) is 0 Å². The predicted molar refractivity (Wildman–Crippen MR) is 81.8 cm³/mol. The fourth-order valence-electron chi connectivity index (χ4n) is 1.70. The van der Waals surface area contributed by atoms with Gasteiger partial charge in [0.25, 0.3) is 0 Å². The number of hydrogen-bond acceptors (Lipinski definition) is 3. The van der Waals surface area contributed by atoms with Gasteiger partial charge in [-0.1, -0.05) is 41.9 Å². The van der Waals surface area contributed by atoms with Crippen LogP contribution in [0, 0.1) is 5.41 Å². The van der Waals surface area contributed by atoms with Crippen molar-refractivity contribution in [3.8, 4) is 10.6 Å². The zero-order chi connectivity index (χ0) is 13.2. The van der Waals surface area contributed by atoms with Gasteiger partial charge in [0, 0.05) is 15.4 Å². The molecule has 2 N–H and O–H groups in total. The summed E-state index contributed by atoms with van der Waals surface area (Å²) < 4.78 is 1.08. The highest BCUT2D eigenvalue weighted by molar-refractivity contribution is 9.10. The first-order valence-electron chi connectivity index (χ1n) is 5.90. The van der Waals surface area contributed by atoms with E-state index in [0.717, 1.165) is 27.2 Å². The van der Waals surface area contributed by atoms with Crippen LogP contribution in [0.4, 0.5) is 0 Å². The Balaban J connectivity index is 2.21. The Morgan fingerprint density at radius 2 is 2.17 bits per heavy atom. The Kier molecular flexibility index (Phi) is 4.20. The van der Waals surface area contributed by atoms with Gasteiger partial charge in [-0.25, -0.2) is 4.98 Å². The molecule has 2 nitrogen and oxygen atoms in total. The molecule has 0 amide bonds. The van der Waals surface area contributed by atoms with E-state index in [1.807, 2.05) is 12.1 Å². The zero-order valence-electron chi connectivity index (χ0n) is 10.6. The lowest BCUT2D eigenvalue weighted by atomic mass is 9.88. The summed E-state index contributed by atoms with van der Waals surface area (Å²) in [6.45, 7) is 5.02. The maximum atomic E-state index is 5.76. The zero-order valence-corrected chi connectivity index (χ0v) is 13.0. The van der Waals surface area contributed by atoms with Gasteiger partial charge in [0.1, 0.15) is 5.01 Å². The summed E-state index contributed by atoms with van der Waals surface area (Å²) >= 11 is 5.18. The molecule has 0 aliphatic carbocycles. The number of benzene rings is 1. The second-order valence-corrected chi connectivity index (χ2v) is 6.97. The fourth-order valence-corrected chi connectivity index (χ4v) is 2.92. The molecule has 1 aromatic carbocycles. The normalized spacial score (nSPS) is 11.8. The summed E-state index contributed by atoms with van der Waals surface area (Å²) in [5.74, 6) is 0. The van der Waals surface area contributed by atoms with Crippen LogP contribution in [0.15, 0.2) is 34.1 Å². The summed E-state index contributed by atoms with van der Waals surface area (Å²) in [7, 11) is 0. The molecule has 0 saturated heterocycles. The molecule has 0 aliphatic rings. The quantitative estimate of drug-likeness (QED) is 0.919. The van der Waals surface area contributed by atoms with Crippen molar-refractivity contribution in [1.29, 1.82) is 0 Å². The van der Waals surface area contributed by atoms with E-state index in [1.165, 1.54) is 0 Å². The molecule has 0 unspecified atom stereocenters. The Hall–Kier alpha value is -0.710. The van der Waals surface area contributed by atoms with Crippen molar-refractivity contribution in [2.75, 3.05) is 6.54 Å². The molecule has 1 heterocycles. The molecule has 2 aromatic rings. The maximum absolute atomic E-state index is 5.76. The van der Waals surface area contributed by atoms with Crippen molar-refractivity contribution in [3.05, 3.63) is 39.8 Å². The summed E-state index contributed by atoms with van der Waals surface area (Å²) in [6, 6.07) is 8.23. The van der Waals surface area contributed by atoms with Gasteiger partial charge in [-0.2, -0.15) is 0 Å². The van der Waals surface area contributed by atoms with Gasteiger partial charge in [-0.05, 0) is 30.5 Å². The van der Waals surface area contributed by atoms with Crippen LogP contribution < -0.4 is 5.73 Å². The fraction of sp³-hybridized carbons (Fsp3) is 0.357. The van der Waals surface area contributed by atoms with Gasteiger partial charge in [0.15, 0.2) is 0 Å². The topological polar surface area (TPSA) is 38.9 Å². The number of halogens is 1. The highest BCUT2D eigenvalue weighted by Crippen LogP contribution is 2.28. The van der Waals surface area contributed by atoms with Crippen LogP contribution in [0.3, 0.4) is 0 Å². The monoisotopic (exact) mass is 324 g/mol. The highest BCUT2D eigenvalue weighted by Gasteiger charge is 2.18. The van der Waals surface area contributed by atoms with E-state index in [1.54, 1.807) is 11.3 Å². The van der Waals surface area contributed by atoms with Crippen molar-refractivity contribution in [2.24, 2.45) is 11.1 Å². The van der Waals surface area contributed by atoms with Crippen molar-refractivity contribution in [1.82, 2.24) is 4.98 Å². The second-order valence-electron chi connectivity index (χ2n) is 5.20. The third kappa shape index (κ3) is 3.40. The summed E-state index contributed by atoms with van der Waals surface area (Å²) in [5, 5.41) is 3.20.